The predicted molar refractivity (Wildman–Crippen MR) is 163 cm³/mol. The van der Waals surface area contributed by atoms with Gasteiger partial charge >= 0.3 is 6.08 Å². The number of methoxy groups -OCH3 is 1. The van der Waals surface area contributed by atoms with Crippen LogP contribution in [0.15, 0.2) is 88.4 Å². The zero-order valence-electron chi connectivity index (χ0n) is 24.4. The molecular formula is C34H34N4O5. The molecule has 1 saturated heterocycles. The molecule has 0 saturated carbocycles. The monoisotopic (exact) mass is 578 g/mol. The van der Waals surface area contributed by atoms with Crippen molar-refractivity contribution < 1.29 is 18.7 Å². The molecule has 0 amide bonds. The van der Waals surface area contributed by atoms with Crippen molar-refractivity contribution in [1.29, 1.82) is 0 Å². The molecule has 2 aromatic heterocycles. The number of nitrogens with zero attached hydrogens (tertiary/aromatic N) is 4. The van der Waals surface area contributed by atoms with E-state index in [1.165, 1.54) is 7.11 Å². The quantitative estimate of drug-likeness (QED) is 0.197. The fraction of sp³-hybridized carbons (Fsp3) is 0.294. The molecule has 9 nitrogen and oxygen atoms in total. The minimum Gasteiger partial charge on any atom is -0.490 e. The van der Waals surface area contributed by atoms with Crippen molar-refractivity contribution in [2.45, 2.75) is 45.1 Å². The highest BCUT2D eigenvalue weighted by molar-refractivity contribution is 5.80. The molecule has 9 heteroatoms. The first kappa shape index (κ1) is 28.4. The highest BCUT2D eigenvalue weighted by Crippen LogP contribution is 2.31. The van der Waals surface area contributed by atoms with Crippen molar-refractivity contribution in [2.75, 3.05) is 20.3 Å². The Morgan fingerprint density at radius 1 is 0.953 bits per heavy atom. The van der Waals surface area contributed by atoms with E-state index in [-0.39, 0.29) is 17.7 Å². The van der Waals surface area contributed by atoms with Crippen LogP contribution in [0.2, 0.25) is 0 Å². The van der Waals surface area contributed by atoms with E-state index in [4.69, 9.17) is 23.7 Å². The van der Waals surface area contributed by atoms with E-state index in [9.17, 15) is 4.79 Å². The third-order valence-corrected chi connectivity index (χ3v) is 7.62. The predicted octanol–water partition coefficient (Wildman–Crippen LogP) is 6.06. The Balaban J connectivity index is 1.25. The highest BCUT2D eigenvalue weighted by atomic mass is 16.6. The minimum atomic E-state index is -0.0583. The lowest BCUT2D eigenvalue weighted by Gasteiger charge is -2.23. The number of benzene rings is 3. The summed E-state index contributed by atoms with van der Waals surface area (Å²) in [6, 6.07) is 23.7. The molecule has 1 aliphatic heterocycles. The van der Waals surface area contributed by atoms with Crippen LogP contribution in [-0.4, -0.2) is 46.1 Å². The Kier molecular flexibility index (Phi) is 8.60. The second-order valence-electron chi connectivity index (χ2n) is 10.5. The summed E-state index contributed by atoms with van der Waals surface area (Å²) in [7, 11) is 1.49. The molecule has 1 aliphatic rings. The van der Waals surface area contributed by atoms with E-state index in [0.29, 0.717) is 17.8 Å². The number of ether oxygens (including phenoxy) is 3. The molecule has 6 rings (SSSR count). The lowest BCUT2D eigenvalue weighted by atomic mass is 9.96. The second kappa shape index (κ2) is 13.0. The van der Waals surface area contributed by atoms with Gasteiger partial charge in [-0.2, -0.15) is 4.98 Å². The van der Waals surface area contributed by atoms with Gasteiger partial charge in [0.25, 0.3) is 5.56 Å². The first-order chi connectivity index (χ1) is 21.1. The van der Waals surface area contributed by atoms with E-state index in [1.807, 2.05) is 48.5 Å². The first-order valence-corrected chi connectivity index (χ1v) is 14.6. The van der Waals surface area contributed by atoms with Gasteiger partial charge in [-0.25, -0.2) is 4.98 Å². The summed E-state index contributed by atoms with van der Waals surface area (Å²) in [6.45, 7) is 3.55. The summed E-state index contributed by atoms with van der Waals surface area (Å²) in [4.78, 5) is 22.9. The van der Waals surface area contributed by atoms with Gasteiger partial charge in [0, 0.05) is 30.4 Å². The fourth-order valence-electron chi connectivity index (χ4n) is 5.35. The molecule has 5 aromatic rings. The first-order valence-electron chi connectivity index (χ1n) is 14.6. The van der Waals surface area contributed by atoms with Crippen LogP contribution < -0.4 is 15.0 Å². The lowest BCUT2D eigenvalue weighted by molar-refractivity contribution is 0.0256. The number of aromatic nitrogens is 4. The molecular weight excluding hydrogens is 544 g/mol. The lowest BCUT2D eigenvalue weighted by Crippen LogP contribution is -2.26. The van der Waals surface area contributed by atoms with Gasteiger partial charge in [0.1, 0.15) is 18.2 Å². The summed E-state index contributed by atoms with van der Waals surface area (Å²) in [5.41, 5.74) is 6.08. The van der Waals surface area contributed by atoms with Gasteiger partial charge in [0.05, 0.1) is 31.7 Å². The van der Waals surface area contributed by atoms with Gasteiger partial charge in [-0.05, 0) is 47.4 Å². The molecule has 3 heterocycles. The molecule has 43 heavy (non-hydrogen) atoms. The van der Waals surface area contributed by atoms with Gasteiger partial charge in [-0.3, -0.25) is 13.9 Å². The van der Waals surface area contributed by atoms with Crippen molar-refractivity contribution in [3.63, 3.8) is 0 Å². The van der Waals surface area contributed by atoms with Crippen molar-refractivity contribution in [2.24, 2.45) is 0 Å². The van der Waals surface area contributed by atoms with Crippen LogP contribution in [0.5, 0.6) is 11.8 Å². The van der Waals surface area contributed by atoms with Crippen LogP contribution in [0.25, 0.3) is 28.2 Å². The van der Waals surface area contributed by atoms with E-state index in [1.54, 1.807) is 10.9 Å². The van der Waals surface area contributed by atoms with E-state index >= 15 is 0 Å². The zero-order valence-corrected chi connectivity index (χ0v) is 24.4. The molecule has 3 aromatic carbocycles. The third kappa shape index (κ3) is 6.36. The number of aryl methyl sites for hydroxylation is 1. The summed E-state index contributed by atoms with van der Waals surface area (Å²) < 4.78 is 23.3. The Labute approximate surface area is 250 Å². The smallest absolute Gasteiger partial charge is 0.417 e. The van der Waals surface area contributed by atoms with Gasteiger partial charge in [-0.15, -0.1) is 0 Å². The van der Waals surface area contributed by atoms with Gasteiger partial charge in [0.15, 0.2) is 0 Å². The van der Waals surface area contributed by atoms with E-state index in [2.05, 4.69) is 41.3 Å². The molecule has 0 atom stereocenters. The summed E-state index contributed by atoms with van der Waals surface area (Å²) in [5, 5.41) is 4.05. The van der Waals surface area contributed by atoms with E-state index in [0.717, 1.165) is 78.3 Å². The highest BCUT2D eigenvalue weighted by Gasteiger charge is 2.17. The summed E-state index contributed by atoms with van der Waals surface area (Å²) >= 11 is 0. The van der Waals surface area contributed by atoms with Crippen molar-refractivity contribution in [3.8, 4) is 40.0 Å². The van der Waals surface area contributed by atoms with Crippen LogP contribution in [0.1, 0.15) is 43.0 Å². The molecule has 0 radical (unpaired) electrons. The van der Waals surface area contributed by atoms with Crippen LogP contribution in [0.3, 0.4) is 0 Å². The van der Waals surface area contributed by atoms with Gasteiger partial charge in [-0.1, -0.05) is 67.0 Å². The SMILES string of the molecule is CCCc1ncn(-c2ccc(OC3CCOCC3)cc2)c(=O)c1Cc1ccc(-c2ccccc2-c2noc(OC)n2)cc1. The standard InChI is InChI=1S/C34H34N4O5/c1-3-6-31-30(33(39)38(22-35-31)25-13-15-26(16-14-25)42-27-17-19-41-20-18-27)21-23-9-11-24(12-10-23)28-7-4-5-8-29(28)32-36-34(40-2)43-37-32/h4-5,7-16,22,27H,3,6,17-21H2,1-2H3. The molecule has 0 unspecified atom stereocenters. The van der Waals surface area contributed by atoms with Crippen LogP contribution in [0, 0.1) is 0 Å². The van der Waals surface area contributed by atoms with Crippen LogP contribution in [0.4, 0.5) is 0 Å². The molecule has 0 bridgehead atoms. The third-order valence-electron chi connectivity index (χ3n) is 7.62. The Hall–Kier alpha value is -4.76. The Bertz CT molecular complexity index is 1720. The number of rotatable bonds is 10. The maximum Gasteiger partial charge on any atom is 0.417 e. The number of hydrogen-bond acceptors (Lipinski definition) is 8. The van der Waals surface area contributed by atoms with E-state index < -0.39 is 0 Å². The molecule has 0 spiro atoms. The second-order valence-corrected chi connectivity index (χ2v) is 10.5. The Morgan fingerprint density at radius 3 is 2.40 bits per heavy atom. The van der Waals surface area contributed by atoms with Crippen molar-refractivity contribution in [1.82, 2.24) is 19.7 Å². The largest absolute Gasteiger partial charge is 0.490 e. The molecule has 0 N–H and O–H groups in total. The zero-order chi connectivity index (χ0) is 29.6. The van der Waals surface area contributed by atoms with Crippen LogP contribution >= 0.6 is 0 Å². The van der Waals surface area contributed by atoms with Gasteiger partial charge in [0.2, 0.25) is 5.82 Å². The molecule has 0 aliphatic carbocycles. The maximum absolute atomic E-state index is 13.8. The Morgan fingerprint density at radius 2 is 1.70 bits per heavy atom. The topological polar surface area (TPSA) is 102 Å². The average molecular weight is 579 g/mol. The molecule has 220 valence electrons. The molecule has 1 fully saturated rings. The fourth-order valence-corrected chi connectivity index (χ4v) is 5.35. The maximum atomic E-state index is 13.8. The summed E-state index contributed by atoms with van der Waals surface area (Å²) in [5.74, 6) is 1.25. The minimum absolute atomic E-state index is 0.0583. The van der Waals surface area contributed by atoms with Crippen LogP contribution in [-0.2, 0) is 17.6 Å². The average Bonchev–Trinajstić information content (AvgIpc) is 3.54. The van der Waals surface area contributed by atoms with Gasteiger partial charge < -0.3 is 14.2 Å². The van der Waals surface area contributed by atoms with Crippen molar-refractivity contribution in [3.05, 3.63) is 106 Å². The van der Waals surface area contributed by atoms with Crippen molar-refractivity contribution >= 4 is 0 Å². The summed E-state index contributed by atoms with van der Waals surface area (Å²) in [6.07, 6.45) is 5.80. The normalized spacial score (nSPS) is 13.6. The number of hydrogen-bond donors (Lipinski definition) is 0.